The van der Waals surface area contributed by atoms with E-state index < -0.39 is 0 Å². The van der Waals surface area contributed by atoms with Crippen LogP contribution >= 0.6 is 0 Å². The second kappa shape index (κ2) is 9.31. The first-order chi connectivity index (χ1) is 13.2. The third-order valence-electron chi connectivity index (χ3n) is 5.86. The lowest BCUT2D eigenvalue weighted by atomic mass is 9.95. The van der Waals surface area contributed by atoms with E-state index in [1.807, 2.05) is 12.1 Å². The van der Waals surface area contributed by atoms with Crippen LogP contribution in [-0.2, 0) is 11.3 Å². The molecule has 0 saturated carbocycles. The fraction of sp³-hybridized carbons (Fsp3) is 0.667. The average molecular weight is 378 g/mol. The van der Waals surface area contributed by atoms with Gasteiger partial charge in [0.25, 0.3) is 0 Å². The number of quaternary nitrogens is 1. The minimum atomic E-state index is 0.151. The number of nitrogens with zero attached hydrogens (tertiary/aromatic N) is 1. The lowest BCUT2D eigenvalue weighted by molar-refractivity contribution is -0.921. The topological polar surface area (TPSA) is 52.4 Å². The first-order valence-corrected chi connectivity index (χ1v) is 10.1. The zero-order chi connectivity index (χ0) is 19.2. The Labute approximate surface area is 162 Å². The summed E-state index contributed by atoms with van der Waals surface area (Å²) >= 11 is 0. The van der Waals surface area contributed by atoms with Crippen molar-refractivity contribution in [2.45, 2.75) is 38.6 Å². The fourth-order valence-electron chi connectivity index (χ4n) is 4.39. The molecule has 2 fully saturated rings. The van der Waals surface area contributed by atoms with Gasteiger partial charge in [0.05, 0.1) is 45.9 Å². The van der Waals surface area contributed by atoms with Crippen molar-refractivity contribution in [2.75, 3.05) is 47.5 Å². The molecule has 0 bridgehead atoms. The summed E-state index contributed by atoms with van der Waals surface area (Å²) < 4.78 is 16.4. The second-order valence-corrected chi connectivity index (χ2v) is 7.63. The molecule has 0 aliphatic carbocycles. The lowest BCUT2D eigenvalue weighted by Gasteiger charge is -2.34. The van der Waals surface area contributed by atoms with E-state index >= 15 is 0 Å². The SMILES string of the molecule is COc1cc(OC)c(OC)cc1C[NH+]1CCC[C@@H](C(=O)N2CCCCC2)C1. The van der Waals surface area contributed by atoms with Gasteiger partial charge in [0, 0.05) is 19.2 Å². The third-order valence-corrected chi connectivity index (χ3v) is 5.86. The van der Waals surface area contributed by atoms with Gasteiger partial charge in [-0.1, -0.05) is 0 Å². The van der Waals surface area contributed by atoms with E-state index in [1.54, 1.807) is 21.3 Å². The van der Waals surface area contributed by atoms with Gasteiger partial charge in [-0.25, -0.2) is 0 Å². The molecule has 2 aliphatic heterocycles. The highest BCUT2D eigenvalue weighted by atomic mass is 16.5. The summed E-state index contributed by atoms with van der Waals surface area (Å²) in [4.78, 5) is 16.4. The summed E-state index contributed by atoms with van der Waals surface area (Å²) in [6, 6.07) is 3.88. The molecule has 1 unspecified atom stereocenters. The van der Waals surface area contributed by atoms with Crippen molar-refractivity contribution in [1.82, 2.24) is 4.90 Å². The monoisotopic (exact) mass is 377 g/mol. The number of carbonyl (C=O) groups excluding carboxylic acids is 1. The predicted molar refractivity (Wildman–Crippen MR) is 104 cm³/mol. The van der Waals surface area contributed by atoms with Gasteiger partial charge in [-0.2, -0.15) is 0 Å². The van der Waals surface area contributed by atoms with Crippen LogP contribution in [0.15, 0.2) is 12.1 Å². The molecular weight excluding hydrogens is 344 g/mol. The molecule has 1 aromatic carbocycles. The Morgan fingerprint density at radius 2 is 1.67 bits per heavy atom. The number of likely N-dealkylation sites (tertiary alicyclic amines) is 2. The molecule has 6 nitrogen and oxygen atoms in total. The highest BCUT2D eigenvalue weighted by molar-refractivity contribution is 5.79. The average Bonchev–Trinajstić information content (AvgIpc) is 2.73. The van der Waals surface area contributed by atoms with Crippen LogP contribution in [0.25, 0.3) is 0 Å². The molecular formula is C21H33N2O4+. The van der Waals surface area contributed by atoms with Gasteiger partial charge < -0.3 is 24.0 Å². The zero-order valence-electron chi connectivity index (χ0n) is 16.9. The smallest absolute Gasteiger partial charge is 0.231 e. The molecule has 0 radical (unpaired) electrons. The number of carbonyl (C=O) groups is 1. The van der Waals surface area contributed by atoms with Gasteiger partial charge in [-0.3, -0.25) is 4.79 Å². The third kappa shape index (κ3) is 4.67. The van der Waals surface area contributed by atoms with E-state index in [-0.39, 0.29) is 5.92 Å². The number of piperidine rings is 2. The number of hydrogen-bond acceptors (Lipinski definition) is 4. The van der Waals surface area contributed by atoms with Crippen molar-refractivity contribution in [3.8, 4) is 17.2 Å². The van der Waals surface area contributed by atoms with Gasteiger partial charge in [-0.05, 0) is 38.2 Å². The number of nitrogens with one attached hydrogen (secondary N) is 1. The quantitative estimate of drug-likeness (QED) is 0.817. The van der Waals surface area contributed by atoms with Crippen LogP contribution in [0.2, 0.25) is 0 Å². The maximum Gasteiger partial charge on any atom is 0.231 e. The molecule has 150 valence electrons. The number of ether oxygens (including phenoxy) is 3. The van der Waals surface area contributed by atoms with Crippen LogP contribution in [0, 0.1) is 5.92 Å². The van der Waals surface area contributed by atoms with E-state index in [9.17, 15) is 4.79 Å². The first kappa shape index (κ1) is 19.8. The summed E-state index contributed by atoms with van der Waals surface area (Å²) in [7, 11) is 4.96. The van der Waals surface area contributed by atoms with E-state index in [4.69, 9.17) is 14.2 Å². The fourth-order valence-corrected chi connectivity index (χ4v) is 4.39. The number of methoxy groups -OCH3 is 3. The number of rotatable bonds is 6. The molecule has 0 aromatic heterocycles. The molecule has 0 spiro atoms. The minimum Gasteiger partial charge on any atom is -0.496 e. The van der Waals surface area contributed by atoms with Gasteiger partial charge in [0.1, 0.15) is 12.3 Å². The lowest BCUT2D eigenvalue weighted by Crippen LogP contribution is -3.12. The van der Waals surface area contributed by atoms with Crippen molar-refractivity contribution < 1.29 is 23.9 Å². The van der Waals surface area contributed by atoms with Crippen LogP contribution in [-0.4, -0.2) is 58.3 Å². The highest BCUT2D eigenvalue weighted by Gasteiger charge is 2.32. The standard InChI is InChI=1S/C21H32N2O4/c1-25-18-13-20(27-3)19(26-2)12-17(18)15-22-9-7-8-16(14-22)21(24)23-10-5-4-6-11-23/h12-13,16H,4-11,14-15H2,1-3H3/p+1/t16-/m1/s1. The molecule has 6 heteroatoms. The molecule has 1 aromatic rings. The Bertz CT molecular complexity index is 643. The highest BCUT2D eigenvalue weighted by Crippen LogP contribution is 2.34. The molecule has 2 saturated heterocycles. The van der Waals surface area contributed by atoms with Gasteiger partial charge >= 0.3 is 0 Å². The molecule has 2 atom stereocenters. The van der Waals surface area contributed by atoms with Crippen LogP contribution in [0.4, 0.5) is 0 Å². The van der Waals surface area contributed by atoms with E-state index in [1.165, 1.54) is 11.3 Å². The second-order valence-electron chi connectivity index (χ2n) is 7.63. The van der Waals surface area contributed by atoms with Crippen molar-refractivity contribution in [3.05, 3.63) is 17.7 Å². The first-order valence-electron chi connectivity index (χ1n) is 10.1. The summed E-state index contributed by atoms with van der Waals surface area (Å²) in [5.41, 5.74) is 1.09. The Morgan fingerprint density at radius 3 is 2.33 bits per heavy atom. The molecule has 27 heavy (non-hydrogen) atoms. The minimum absolute atomic E-state index is 0.151. The molecule has 3 rings (SSSR count). The van der Waals surface area contributed by atoms with Crippen molar-refractivity contribution in [1.29, 1.82) is 0 Å². The normalized spacial score (nSPS) is 23.0. The summed E-state index contributed by atoms with van der Waals surface area (Å²) in [6.45, 7) is 4.68. The predicted octanol–water partition coefficient (Wildman–Crippen LogP) is 1.52. The molecule has 1 N–H and O–H groups in total. The van der Waals surface area contributed by atoms with E-state index in [0.717, 1.165) is 69.7 Å². The van der Waals surface area contributed by atoms with Gasteiger partial charge in [-0.15, -0.1) is 0 Å². The Hall–Kier alpha value is -1.95. The Kier molecular flexibility index (Phi) is 6.83. The molecule has 1 amide bonds. The van der Waals surface area contributed by atoms with Crippen LogP contribution < -0.4 is 19.1 Å². The molecule has 2 aliphatic rings. The summed E-state index contributed by atoms with van der Waals surface area (Å²) in [5, 5.41) is 0. The van der Waals surface area contributed by atoms with Crippen molar-refractivity contribution in [2.24, 2.45) is 5.92 Å². The van der Waals surface area contributed by atoms with E-state index in [0.29, 0.717) is 17.4 Å². The maximum absolute atomic E-state index is 12.9. The Balaban J connectivity index is 1.69. The van der Waals surface area contributed by atoms with Crippen molar-refractivity contribution >= 4 is 5.91 Å². The number of hydrogen-bond donors (Lipinski definition) is 1. The van der Waals surface area contributed by atoms with Gasteiger partial charge in [0.2, 0.25) is 5.91 Å². The molecule has 2 heterocycles. The van der Waals surface area contributed by atoms with Crippen LogP contribution in [0.5, 0.6) is 17.2 Å². The number of amides is 1. The number of benzene rings is 1. The maximum atomic E-state index is 12.9. The largest absolute Gasteiger partial charge is 0.496 e. The van der Waals surface area contributed by atoms with Crippen LogP contribution in [0.1, 0.15) is 37.7 Å². The zero-order valence-corrected chi connectivity index (χ0v) is 16.9. The van der Waals surface area contributed by atoms with Gasteiger partial charge in [0.15, 0.2) is 11.5 Å². The summed E-state index contributed by atoms with van der Waals surface area (Å²) in [5.74, 6) is 2.71. The van der Waals surface area contributed by atoms with E-state index in [2.05, 4.69) is 4.90 Å². The van der Waals surface area contributed by atoms with Crippen molar-refractivity contribution in [3.63, 3.8) is 0 Å². The van der Waals surface area contributed by atoms with Crippen LogP contribution in [0.3, 0.4) is 0 Å². The Morgan fingerprint density at radius 1 is 1.00 bits per heavy atom. The summed E-state index contributed by atoms with van der Waals surface area (Å²) in [6.07, 6.45) is 5.66.